The fourth-order valence-corrected chi connectivity index (χ4v) is 4.26. The Morgan fingerprint density at radius 1 is 1.10 bits per heavy atom. The molecule has 1 fully saturated rings. The summed E-state index contributed by atoms with van der Waals surface area (Å²) < 4.78 is 13.4. The summed E-state index contributed by atoms with van der Waals surface area (Å²) >= 11 is 1.32. The van der Waals surface area contributed by atoms with Crippen molar-refractivity contribution in [2.45, 2.75) is 38.8 Å². The molecule has 3 amide bonds. The second-order valence-corrected chi connectivity index (χ2v) is 8.68. The lowest BCUT2D eigenvalue weighted by Gasteiger charge is -2.36. The van der Waals surface area contributed by atoms with Crippen LogP contribution < -0.4 is 10.6 Å². The van der Waals surface area contributed by atoms with Crippen LogP contribution >= 0.6 is 11.3 Å². The van der Waals surface area contributed by atoms with Gasteiger partial charge in [0.05, 0.1) is 4.88 Å². The molecule has 160 valence electrons. The number of hydrogen-bond donors (Lipinski definition) is 2. The summed E-state index contributed by atoms with van der Waals surface area (Å²) in [5.74, 6) is -1.25. The van der Waals surface area contributed by atoms with E-state index in [4.69, 9.17) is 0 Å². The number of carbonyl (C=O) groups excluding carboxylic acids is 3. The number of likely N-dealkylation sites (tertiary alicyclic amines) is 1. The highest BCUT2D eigenvalue weighted by Gasteiger charge is 2.34. The van der Waals surface area contributed by atoms with Gasteiger partial charge in [0.2, 0.25) is 5.91 Å². The first-order valence-corrected chi connectivity index (χ1v) is 10.9. The fraction of sp³-hybridized carbons (Fsp3) is 0.409. The van der Waals surface area contributed by atoms with Crippen LogP contribution in [0.2, 0.25) is 0 Å². The van der Waals surface area contributed by atoms with Crippen molar-refractivity contribution in [2.24, 2.45) is 5.92 Å². The molecular weight excluding hydrogens is 405 g/mol. The molecule has 1 atom stereocenters. The number of thiophene rings is 1. The number of nitrogens with one attached hydrogen (secondary N) is 2. The molecule has 6 nitrogen and oxygen atoms in total. The Morgan fingerprint density at radius 2 is 1.83 bits per heavy atom. The van der Waals surface area contributed by atoms with E-state index in [1.807, 2.05) is 19.2 Å². The van der Waals surface area contributed by atoms with Crippen molar-refractivity contribution in [3.63, 3.8) is 0 Å². The quantitative estimate of drug-likeness (QED) is 0.738. The molecule has 1 aromatic carbocycles. The van der Waals surface area contributed by atoms with Gasteiger partial charge >= 0.3 is 0 Å². The second-order valence-electron chi connectivity index (χ2n) is 7.73. The molecule has 2 aromatic rings. The number of halogens is 1. The highest BCUT2D eigenvalue weighted by molar-refractivity contribution is 7.12. The average molecular weight is 432 g/mol. The Kier molecular flexibility index (Phi) is 7.20. The van der Waals surface area contributed by atoms with Crippen LogP contribution in [-0.4, -0.2) is 47.8 Å². The topological polar surface area (TPSA) is 78.5 Å². The lowest BCUT2D eigenvalue weighted by Crippen LogP contribution is -2.54. The van der Waals surface area contributed by atoms with Crippen LogP contribution in [0.25, 0.3) is 0 Å². The van der Waals surface area contributed by atoms with Crippen LogP contribution in [0.1, 0.15) is 46.7 Å². The average Bonchev–Trinajstić information content (AvgIpc) is 3.26. The van der Waals surface area contributed by atoms with Gasteiger partial charge in [-0.25, -0.2) is 4.39 Å². The molecule has 3 rings (SSSR count). The summed E-state index contributed by atoms with van der Waals surface area (Å²) in [4.78, 5) is 40.2. The largest absolute Gasteiger partial charge is 0.352 e. The number of hydrogen-bond acceptors (Lipinski definition) is 4. The fourth-order valence-electron chi connectivity index (χ4n) is 3.63. The smallest absolute Gasteiger partial charge is 0.262 e. The summed E-state index contributed by atoms with van der Waals surface area (Å²) in [6.45, 7) is 4.63. The minimum atomic E-state index is -0.673. The Hall–Kier alpha value is -2.74. The highest BCUT2D eigenvalue weighted by Crippen LogP contribution is 2.23. The second kappa shape index (κ2) is 9.84. The van der Waals surface area contributed by atoms with Crippen LogP contribution in [0, 0.1) is 11.7 Å². The van der Waals surface area contributed by atoms with Crippen molar-refractivity contribution in [3.8, 4) is 0 Å². The molecule has 2 heterocycles. The molecule has 1 aliphatic heterocycles. The van der Waals surface area contributed by atoms with Gasteiger partial charge in [-0.1, -0.05) is 12.1 Å². The minimum absolute atomic E-state index is 0.0479. The molecule has 0 radical (unpaired) electrons. The van der Waals surface area contributed by atoms with Gasteiger partial charge in [0, 0.05) is 24.7 Å². The van der Waals surface area contributed by atoms with Gasteiger partial charge in [-0.3, -0.25) is 14.4 Å². The Morgan fingerprint density at radius 3 is 2.43 bits per heavy atom. The van der Waals surface area contributed by atoms with E-state index in [2.05, 4.69) is 10.6 Å². The van der Waals surface area contributed by atoms with Crippen LogP contribution in [0.5, 0.6) is 0 Å². The van der Waals surface area contributed by atoms with Crippen LogP contribution in [-0.2, 0) is 4.79 Å². The molecule has 0 saturated carbocycles. The van der Waals surface area contributed by atoms with Crippen LogP contribution in [0.3, 0.4) is 0 Å². The van der Waals surface area contributed by atoms with Gasteiger partial charge in [0.25, 0.3) is 11.8 Å². The zero-order chi connectivity index (χ0) is 21.7. The summed E-state index contributed by atoms with van der Waals surface area (Å²) in [6, 6.07) is 8.43. The van der Waals surface area contributed by atoms with Gasteiger partial charge in [0.1, 0.15) is 11.9 Å². The number of nitrogens with zero attached hydrogens (tertiary/aromatic N) is 1. The van der Waals surface area contributed by atoms with E-state index in [0.29, 0.717) is 36.4 Å². The molecule has 0 spiro atoms. The number of amides is 3. The number of rotatable bonds is 6. The van der Waals surface area contributed by atoms with Crippen molar-refractivity contribution in [3.05, 3.63) is 58.0 Å². The van der Waals surface area contributed by atoms with Crippen molar-refractivity contribution in [1.29, 1.82) is 0 Å². The van der Waals surface area contributed by atoms with Crippen LogP contribution in [0.4, 0.5) is 4.39 Å². The summed E-state index contributed by atoms with van der Waals surface area (Å²) in [5.41, 5.74) is 0.313. The van der Waals surface area contributed by atoms with E-state index in [-0.39, 0.29) is 29.7 Å². The zero-order valence-corrected chi connectivity index (χ0v) is 17.9. The maximum absolute atomic E-state index is 13.4. The van der Waals surface area contributed by atoms with E-state index >= 15 is 0 Å². The molecule has 2 N–H and O–H groups in total. The Labute approximate surface area is 179 Å². The molecule has 1 saturated heterocycles. The van der Waals surface area contributed by atoms with Crippen LogP contribution in [0.15, 0.2) is 41.8 Å². The van der Waals surface area contributed by atoms with Gasteiger partial charge in [0.15, 0.2) is 0 Å². The predicted molar refractivity (Wildman–Crippen MR) is 114 cm³/mol. The molecule has 0 aliphatic carbocycles. The molecule has 1 aromatic heterocycles. The highest BCUT2D eigenvalue weighted by atomic mass is 32.1. The number of carbonyl (C=O) groups is 3. The van der Waals surface area contributed by atoms with Gasteiger partial charge in [-0.2, -0.15) is 0 Å². The monoisotopic (exact) mass is 431 g/mol. The third kappa shape index (κ3) is 5.44. The van der Waals surface area contributed by atoms with Gasteiger partial charge in [-0.05, 0) is 62.3 Å². The third-order valence-electron chi connectivity index (χ3n) is 5.11. The van der Waals surface area contributed by atoms with E-state index in [1.54, 1.807) is 23.1 Å². The Bertz CT molecular complexity index is 893. The molecule has 1 unspecified atom stereocenters. The maximum atomic E-state index is 13.4. The Balaban J connectivity index is 1.67. The number of piperidine rings is 1. The van der Waals surface area contributed by atoms with E-state index in [1.165, 1.54) is 29.5 Å². The SMILES string of the molecule is CC(C)NC(=O)C(NC(=O)c1cccs1)C1CCN(C(=O)c2cccc(F)c2)CC1. The van der Waals surface area contributed by atoms with E-state index in [0.717, 1.165) is 0 Å². The molecule has 30 heavy (non-hydrogen) atoms. The predicted octanol–water partition coefficient (Wildman–Crippen LogP) is 3.06. The lowest BCUT2D eigenvalue weighted by atomic mass is 9.88. The first-order chi connectivity index (χ1) is 14.3. The summed E-state index contributed by atoms with van der Waals surface area (Å²) in [6.07, 6.45) is 1.14. The van der Waals surface area contributed by atoms with E-state index < -0.39 is 11.9 Å². The molecule has 0 bridgehead atoms. The zero-order valence-electron chi connectivity index (χ0n) is 17.1. The van der Waals surface area contributed by atoms with Gasteiger partial charge < -0.3 is 15.5 Å². The first kappa shape index (κ1) is 22.0. The molecule has 1 aliphatic rings. The van der Waals surface area contributed by atoms with Crippen molar-refractivity contribution >= 4 is 29.1 Å². The minimum Gasteiger partial charge on any atom is -0.352 e. The summed E-state index contributed by atoms with van der Waals surface area (Å²) in [5, 5.41) is 7.58. The van der Waals surface area contributed by atoms with Gasteiger partial charge in [-0.15, -0.1) is 11.3 Å². The standard InChI is InChI=1S/C22H26FN3O3S/c1-14(2)24-21(28)19(25-20(27)18-7-4-12-30-18)15-8-10-26(11-9-15)22(29)16-5-3-6-17(23)13-16/h3-7,12-15,19H,8-11H2,1-2H3,(H,24,28)(H,25,27). The first-order valence-electron chi connectivity index (χ1n) is 10.0. The summed E-state index contributed by atoms with van der Waals surface area (Å²) in [7, 11) is 0. The third-order valence-corrected chi connectivity index (χ3v) is 5.98. The normalized spacial score (nSPS) is 15.7. The lowest BCUT2D eigenvalue weighted by molar-refractivity contribution is -0.125. The van der Waals surface area contributed by atoms with Crippen molar-refractivity contribution < 1.29 is 18.8 Å². The molecule has 8 heteroatoms. The van der Waals surface area contributed by atoms with Crippen molar-refractivity contribution in [2.75, 3.05) is 13.1 Å². The maximum Gasteiger partial charge on any atom is 0.262 e. The molecular formula is C22H26FN3O3S. The van der Waals surface area contributed by atoms with Crippen molar-refractivity contribution in [1.82, 2.24) is 15.5 Å². The number of benzene rings is 1. The van der Waals surface area contributed by atoms with E-state index in [9.17, 15) is 18.8 Å².